The van der Waals surface area contributed by atoms with Crippen LogP contribution in [0, 0.1) is 13.8 Å². The second-order valence-electron chi connectivity index (χ2n) is 6.60. The molecule has 1 fully saturated rings. The number of nitrogens with zero attached hydrogens (tertiary/aromatic N) is 3. The van der Waals surface area contributed by atoms with Gasteiger partial charge in [-0.05, 0) is 25.8 Å². The molecular weight excluding hydrogens is 312 g/mol. The Morgan fingerprint density at radius 2 is 1.84 bits per heavy atom. The van der Waals surface area contributed by atoms with Crippen LogP contribution in [0.25, 0.3) is 0 Å². The van der Waals surface area contributed by atoms with Gasteiger partial charge in [0.05, 0.1) is 19.3 Å². The molecular formula is C20H28N4O. The van der Waals surface area contributed by atoms with Crippen molar-refractivity contribution in [2.75, 3.05) is 38.2 Å². The van der Waals surface area contributed by atoms with E-state index in [1.54, 1.807) is 0 Å². The Labute approximate surface area is 150 Å². The van der Waals surface area contributed by atoms with Crippen LogP contribution in [0.5, 0.6) is 0 Å². The molecule has 1 atom stereocenters. The van der Waals surface area contributed by atoms with Crippen LogP contribution in [-0.4, -0.2) is 47.7 Å². The largest absolute Gasteiger partial charge is 0.379 e. The lowest BCUT2D eigenvalue weighted by molar-refractivity contribution is 0.0187. The zero-order valence-corrected chi connectivity index (χ0v) is 15.5. The number of aromatic nitrogens is 2. The molecule has 1 unspecified atom stereocenters. The summed E-state index contributed by atoms with van der Waals surface area (Å²) < 4.78 is 5.53. The van der Waals surface area contributed by atoms with Gasteiger partial charge < -0.3 is 10.1 Å². The van der Waals surface area contributed by atoms with Crippen LogP contribution in [0.1, 0.15) is 35.6 Å². The Morgan fingerprint density at radius 1 is 1.12 bits per heavy atom. The van der Waals surface area contributed by atoms with Crippen molar-refractivity contribution in [2.45, 2.75) is 33.2 Å². The highest BCUT2D eigenvalue weighted by Crippen LogP contribution is 2.23. The van der Waals surface area contributed by atoms with Gasteiger partial charge in [0, 0.05) is 31.4 Å². The summed E-state index contributed by atoms with van der Waals surface area (Å²) in [5, 5.41) is 3.54. The number of nitrogens with one attached hydrogen (secondary N) is 1. The third-order valence-corrected chi connectivity index (χ3v) is 4.68. The van der Waals surface area contributed by atoms with Gasteiger partial charge in [0.15, 0.2) is 0 Å². The highest BCUT2D eigenvalue weighted by molar-refractivity contribution is 5.37. The number of hydrogen-bond acceptors (Lipinski definition) is 5. The third kappa shape index (κ3) is 4.77. The minimum atomic E-state index is 0.310. The molecule has 0 saturated carbocycles. The van der Waals surface area contributed by atoms with Crippen molar-refractivity contribution in [1.82, 2.24) is 14.9 Å². The first-order chi connectivity index (χ1) is 12.2. The van der Waals surface area contributed by atoms with E-state index >= 15 is 0 Å². The maximum absolute atomic E-state index is 5.53. The minimum absolute atomic E-state index is 0.310. The molecule has 2 aromatic rings. The molecule has 1 saturated heterocycles. The van der Waals surface area contributed by atoms with Gasteiger partial charge in [-0.3, -0.25) is 4.90 Å². The van der Waals surface area contributed by atoms with E-state index in [-0.39, 0.29) is 0 Å². The SMILES string of the molecule is CCc1cc(NCC(c2ccc(C)cc2)N2CCOCC2)nc(C)n1. The predicted molar refractivity (Wildman–Crippen MR) is 101 cm³/mol. The number of ether oxygens (including phenoxy) is 1. The van der Waals surface area contributed by atoms with Crippen LogP contribution in [-0.2, 0) is 11.2 Å². The van der Waals surface area contributed by atoms with Crippen LogP contribution in [0.4, 0.5) is 5.82 Å². The normalized spacial score (nSPS) is 16.6. The lowest BCUT2D eigenvalue weighted by Crippen LogP contribution is -2.41. The molecule has 0 bridgehead atoms. The maximum atomic E-state index is 5.53. The van der Waals surface area contributed by atoms with Gasteiger partial charge in [0.25, 0.3) is 0 Å². The second-order valence-corrected chi connectivity index (χ2v) is 6.60. The van der Waals surface area contributed by atoms with E-state index in [9.17, 15) is 0 Å². The molecule has 1 aliphatic rings. The smallest absolute Gasteiger partial charge is 0.129 e. The summed E-state index contributed by atoms with van der Waals surface area (Å²) in [7, 11) is 0. The van der Waals surface area contributed by atoms with E-state index in [0.29, 0.717) is 6.04 Å². The summed E-state index contributed by atoms with van der Waals surface area (Å²) in [6.07, 6.45) is 0.920. The lowest BCUT2D eigenvalue weighted by atomic mass is 10.0. The molecule has 1 aromatic heterocycles. The minimum Gasteiger partial charge on any atom is -0.379 e. The topological polar surface area (TPSA) is 50.3 Å². The van der Waals surface area contributed by atoms with E-state index in [2.05, 4.69) is 64.4 Å². The highest BCUT2D eigenvalue weighted by Gasteiger charge is 2.22. The molecule has 134 valence electrons. The van der Waals surface area contributed by atoms with E-state index in [0.717, 1.165) is 56.6 Å². The van der Waals surface area contributed by atoms with E-state index < -0.39 is 0 Å². The fourth-order valence-corrected chi connectivity index (χ4v) is 3.24. The predicted octanol–water partition coefficient (Wildman–Crippen LogP) is 3.14. The van der Waals surface area contributed by atoms with Gasteiger partial charge in [-0.2, -0.15) is 0 Å². The van der Waals surface area contributed by atoms with Gasteiger partial charge in [0.2, 0.25) is 0 Å². The molecule has 3 rings (SSSR count). The van der Waals surface area contributed by atoms with Gasteiger partial charge in [-0.1, -0.05) is 36.8 Å². The molecule has 25 heavy (non-hydrogen) atoms. The molecule has 0 spiro atoms. The number of anilines is 1. The first kappa shape index (κ1) is 17.8. The molecule has 0 radical (unpaired) electrons. The van der Waals surface area contributed by atoms with E-state index in [1.807, 2.05) is 6.92 Å². The summed E-state index contributed by atoms with van der Waals surface area (Å²) in [4.78, 5) is 11.5. The van der Waals surface area contributed by atoms with Crippen molar-refractivity contribution in [3.8, 4) is 0 Å². The van der Waals surface area contributed by atoms with Crippen LogP contribution < -0.4 is 5.32 Å². The van der Waals surface area contributed by atoms with Crippen molar-refractivity contribution in [2.24, 2.45) is 0 Å². The standard InChI is InChI=1S/C20H28N4O/c1-4-18-13-20(23-16(3)22-18)21-14-19(24-9-11-25-12-10-24)17-7-5-15(2)6-8-17/h5-8,13,19H,4,9-12,14H2,1-3H3,(H,21,22,23). The van der Waals surface area contributed by atoms with Crippen LogP contribution in [0.3, 0.4) is 0 Å². The number of morpholine rings is 1. The van der Waals surface area contributed by atoms with Gasteiger partial charge >= 0.3 is 0 Å². The Morgan fingerprint density at radius 3 is 2.52 bits per heavy atom. The molecule has 1 N–H and O–H groups in total. The summed E-state index contributed by atoms with van der Waals surface area (Å²) in [6.45, 7) is 10.5. The average molecular weight is 340 g/mol. The van der Waals surface area contributed by atoms with Gasteiger partial charge in [-0.15, -0.1) is 0 Å². The molecule has 5 nitrogen and oxygen atoms in total. The summed E-state index contributed by atoms with van der Waals surface area (Å²) in [5.41, 5.74) is 3.70. The fraction of sp³-hybridized carbons (Fsp3) is 0.500. The maximum Gasteiger partial charge on any atom is 0.129 e. The molecule has 2 heterocycles. The number of benzene rings is 1. The monoisotopic (exact) mass is 340 g/mol. The molecule has 5 heteroatoms. The zero-order valence-electron chi connectivity index (χ0n) is 15.5. The molecule has 1 aliphatic heterocycles. The Hall–Kier alpha value is -1.98. The third-order valence-electron chi connectivity index (χ3n) is 4.68. The molecule has 1 aromatic carbocycles. The van der Waals surface area contributed by atoms with Crippen LogP contribution in [0.2, 0.25) is 0 Å². The van der Waals surface area contributed by atoms with E-state index in [1.165, 1.54) is 11.1 Å². The Bertz CT molecular complexity index is 681. The first-order valence-corrected chi connectivity index (χ1v) is 9.12. The summed E-state index contributed by atoms with van der Waals surface area (Å²) in [5.74, 6) is 1.73. The van der Waals surface area contributed by atoms with Crippen molar-refractivity contribution in [3.63, 3.8) is 0 Å². The Kier molecular flexibility index (Phi) is 6.00. The fourth-order valence-electron chi connectivity index (χ4n) is 3.24. The van der Waals surface area contributed by atoms with Crippen LogP contribution in [0.15, 0.2) is 30.3 Å². The summed E-state index contributed by atoms with van der Waals surface area (Å²) >= 11 is 0. The summed E-state index contributed by atoms with van der Waals surface area (Å²) in [6, 6.07) is 11.2. The van der Waals surface area contributed by atoms with Crippen molar-refractivity contribution < 1.29 is 4.74 Å². The highest BCUT2D eigenvalue weighted by atomic mass is 16.5. The number of hydrogen-bond donors (Lipinski definition) is 1. The van der Waals surface area contributed by atoms with Crippen molar-refractivity contribution >= 4 is 5.82 Å². The van der Waals surface area contributed by atoms with Crippen molar-refractivity contribution in [3.05, 3.63) is 53.0 Å². The number of aryl methyl sites for hydroxylation is 3. The quantitative estimate of drug-likeness (QED) is 0.875. The van der Waals surface area contributed by atoms with Gasteiger partial charge in [0.1, 0.15) is 11.6 Å². The second kappa shape index (κ2) is 8.41. The van der Waals surface area contributed by atoms with Crippen molar-refractivity contribution in [1.29, 1.82) is 0 Å². The zero-order chi connectivity index (χ0) is 17.6. The number of rotatable bonds is 6. The Balaban J connectivity index is 1.77. The van der Waals surface area contributed by atoms with E-state index in [4.69, 9.17) is 4.74 Å². The molecule has 0 amide bonds. The van der Waals surface area contributed by atoms with Crippen LogP contribution >= 0.6 is 0 Å². The first-order valence-electron chi connectivity index (χ1n) is 9.12. The van der Waals surface area contributed by atoms with Gasteiger partial charge in [-0.25, -0.2) is 9.97 Å². The molecule has 0 aliphatic carbocycles. The lowest BCUT2D eigenvalue weighted by Gasteiger charge is -2.35. The average Bonchev–Trinajstić information content (AvgIpc) is 2.64.